The Kier molecular flexibility index (Phi) is 3.04. The number of halogens is 1. The van der Waals surface area contributed by atoms with Gasteiger partial charge in [0.25, 0.3) is 0 Å². The fraction of sp³-hybridized carbons (Fsp3) is 0.333. The minimum Gasteiger partial charge on any atom is -0.347 e. The first-order valence-corrected chi connectivity index (χ1v) is 6.18. The van der Waals surface area contributed by atoms with Gasteiger partial charge in [-0.15, -0.1) is 6.58 Å². The van der Waals surface area contributed by atoms with Crippen molar-refractivity contribution in [1.29, 1.82) is 0 Å². The summed E-state index contributed by atoms with van der Waals surface area (Å²) in [6.07, 6.45) is 5.39. The minimum atomic E-state index is -0.475. The number of rotatable bonds is 3. The van der Waals surface area contributed by atoms with E-state index in [9.17, 15) is 4.79 Å². The Morgan fingerprint density at radius 3 is 3.00 bits per heavy atom. The van der Waals surface area contributed by atoms with Crippen LogP contribution in [-0.4, -0.2) is 31.9 Å². The Morgan fingerprint density at radius 2 is 2.32 bits per heavy atom. The molecule has 1 aliphatic rings. The predicted molar refractivity (Wildman–Crippen MR) is 68.6 cm³/mol. The molecular formula is C12H11ClN4O2. The van der Waals surface area contributed by atoms with Gasteiger partial charge in [-0.1, -0.05) is 17.7 Å². The summed E-state index contributed by atoms with van der Waals surface area (Å²) < 4.78 is 7.45. The number of hydrogen-bond acceptors (Lipinski definition) is 5. The van der Waals surface area contributed by atoms with Gasteiger partial charge < -0.3 is 9.53 Å². The van der Waals surface area contributed by atoms with E-state index in [1.54, 1.807) is 17.0 Å². The highest BCUT2D eigenvalue weighted by Crippen LogP contribution is 2.35. The van der Waals surface area contributed by atoms with E-state index in [-0.39, 0.29) is 12.1 Å². The molecule has 7 heteroatoms. The number of carbonyl (C=O) groups is 1. The van der Waals surface area contributed by atoms with Crippen LogP contribution in [0.1, 0.15) is 12.6 Å². The molecule has 0 N–H and O–H groups in total. The molecule has 3 rings (SSSR count). The molecule has 1 fully saturated rings. The molecule has 0 amide bonds. The van der Waals surface area contributed by atoms with Gasteiger partial charge in [-0.25, -0.2) is 15.0 Å². The number of aromatic nitrogens is 4. The number of aldehydes is 1. The first-order chi connectivity index (χ1) is 9.24. The van der Waals surface area contributed by atoms with Gasteiger partial charge in [0.05, 0.1) is 6.33 Å². The first-order valence-electron chi connectivity index (χ1n) is 5.81. The third-order valence-electron chi connectivity index (χ3n) is 3.27. The molecule has 2 aromatic heterocycles. The maximum absolute atomic E-state index is 11.0. The SMILES string of the molecule is C=C[C@H]1C[C@H](n2cnc3c(Cl)ncnc32)O[C@@H]1C=O. The van der Waals surface area contributed by atoms with Crippen LogP contribution >= 0.6 is 11.6 Å². The standard InChI is InChI=1S/C12H11ClN4O2/c1-2-7-3-9(19-8(7)4-18)17-6-16-10-11(13)14-5-15-12(10)17/h2,4-9H,1,3H2/t7-,8+,9+/m0/s1. The van der Waals surface area contributed by atoms with Crippen LogP contribution in [0.2, 0.25) is 5.15 Å². The summed E-state index contributed by atoms with van der Waals surface area (Å²) in [5, 5.41) is 0.300. The van der Waals surface area contributed by atoms with Crippen LogP contribution in [0.5, 0.6) is 0 Å². The molecule has 0 aliphatic carbocycles. The summed E-state index contributed by atoms with van der Waals surface area (Å²) in [4.78, 5) is 23.2. The van der Waals surface area contributed by atoms with Crippen LogP contribution in [0.3, 0.4) is 0 Å². The third kappa shape index (κ3) is 1.93. The van der Waals surface area contributed by atoms with Crippen LogP contribution in [0.4, 0.5) is 0 Å². The summed E-state index contributed by atoms with van der Waals surface area (Å²) in [7, 11) is 0. The zero-order valence-corrected chi connectivity index (χ0v) is 10.7. The molecular weight excluding hydrogens is 268 g/mol. The van der Waals surface area contributed by atoms with Crippen LogP contribution in [0, 0.1) is 5.92 Å². The van der Waals surface area contributed by atoms with Gasteiger partial charge in [-0.2, -0.15) is 0 Å². The average Bonchev–Trinajstić information content (AvgIpc) is 3.02. The lowest BCUT2D eigenvalue weighted by molar-refractivity contribution is -0.120. The summed E-state index contributed by atoms with van der Waals surface area (Å²) in [5.74, 6) is -0.00254. The molecule has 0 saturated carbocycles. The number of ether oxygens (including phenoxy) is 1. The molecule has 6 nitrogen and oxygen atoms in total. The number of nitrogens with zero attached hydrogens (tertiary/aromatic N) is 4. The second-order valence-corrected chi connectivity index (χ2v) is 4.67. The lowest BCUT2D eigenvalue weighted by Crippen LogP contribution is -2.15. The summed E-state index contributed by atoms with van der Waals surface area (Å²) in [6.45, 7) is 3.72. The second kappa shape index (κ2) is 4.71. The van der Waals surface area contributed by atoms with E-state index in [0.29, 0.717) is 22.7 Å². The Labute approximate surface area is 114 Å². The van der Waals surface area contributed by atoms with Gasteiger partial charge in [0, 0.05) is 12.3 Å². The summed E-state index contributed by atoms with van der Waals surface area (Å²) >= 11 is 5.95. The molecule has 0 unspecified atom stereocenters. The first kappa shape index (κ1) is 12.3. The summed E-state index contributed by atoms with van der Waals surface area (Å²) in [5.41, 5.74) is 1.12. The zero-order valence-electron chi connectivity index (χ0n) is 9.94. The molecule has 2 aromatic rings. The van der Waals surface area contributed by atoms with E-state index >= 15 is 0 Å². The van der Waals surface area contributed by atoms with Gasteiger partial charge >= 0.3 is 0 Å². The lowest BCUT2D eigenvalue weighted by atomic mass is 10.0. The second-order valence-electron chi connectivity index (χ2n) is 4.32. The van der Waals surface area contributed by atoms with Crippen molar-refractivity contribution in [2.24, 2.45) is 5.92 Å². The highest BCUT2D eigenvalue weighted by atomic mass is 35.5. The maximum atomic E-state index is 11.0. The number of fused-ring (bicyclic) bond motifs is 1. The molecule has 98 valence electrons. The van der Waals surface area contributed by atoms with E-state index in [2.05, 4.69) is 21.5 Å². The highest BCUT2D eigenvalue weighted by Gasteiger charge is 2.35. The van der Waals surface area contributed by atoms with Crippen molar-refractivity contribution in [2.45, 2.75) is 18.8 Å². The van der Waals surface area contributed by atoms with Crippen molar-refractivity contribution in [3.63, 3.8) is 0 Å². The van der Waals surface area contributed by atoms with Gasteiger partial charge in [0.1, 0.15) is 30.5 Å². The topological polar surface area (TPSA) is 69.9 Å². The molecule has 19 heavy (non-hydrogen) atoms. The Balaban J connectivity index is 2.00. The fourth-order valence-corrected chi connectivity index (χ4v) is 2.46. The predicted octanol–water partition coefficient (Wildman–Crippen LogP) is 1.77. The van der Waals surface area contributed by atoms with Gasteiger partial charge in [-0.05, 0) is 0 Å². The van der Waals surface area contributed by atoms with Crippen molar-refractivity contribution in [1.82, 2.24) is 19.5 Å². The normalized spacial score (nSPS) is 26.7. The monoisotopic (exact) mass is 278 g/mol. The van der Waals surface area contributed by atoms with Crippen LogP contribution in [0.25, 0.3) is 11.2 Å². The van der Waals surface area contributed by atoms with Crippen molar-refractivity contribution in [3.8, 4) is 0 Å². The molecule has 1 saturated heterocycles. The molecule has 0 spiro atoms. The van der Waals surface area contributed by atoms with Crippen molar-refractivity contribution >= 4 is 29.1 Å². The van der Waals surface area contributed by atoms with Crippen molar-refractivity contribution < 1.29 is 9.53 Å². The van der Waals surface area contributed by atoms with Crippen LogP contribution < -0.4 is 0 Å². The van der Waals surface area contributed by atoms with E-state index in [1.165, 1.54) is 6.33 Å². The minimum absolute atomic E-state index is 0.00254. The van der Waals surface area contributed by atoms with Crippen molar-refractivity contribution in [3.05, 3.63) is 30.5 Å². The number of carbonyl (C=O) groups excluding carboxylic acids is 1. The molecule has 3 heterocycles. The van der Waals surface area contributed by atoms with Crippen LogP contribution in [0.15, 0.2) is 25.3 Å². The maximum Gasteiger partial charge on any atom is 0.166 e. The molecule has 0 bridgehead atoms. The van der Waals surface area contributed by atoms with Crippen molar-refractivity contribution in [2.75, 3.05) is 0 Å². The number of imidazole rings is 1. The van der Waals surface area contributed by atoms with Gasteiger partial charge in [-0.3, -0.25) is 4.57 Å². The fourth-order valence-electron chi connectivity index (χ4n) is 2.28. The van der Waals surface area contributed by atoms with E-state index in [1.807, 2.05) is 0 Å². The highest BCUT2D eigenvalue weighted by molar-refractivity contribution is 6.33. The smallest absolute Gasteiger partial charge is 0.166 e. The molecule has 0 aromatic carbocycles. The molecule has 1 aliphatic heterocycles. The lowest BCUT2D eigenvalue weighted by Gasteiger charge is -2.12. The molecule has 3 atom stereocenters. The largest absolute Gasteiger partial charge is 0.347 e. The average molecular weight is 279 g/mol. The quantitative estimate of drug-likeness (QED) is 0.486. The molecule has 0 radical (unpaired) electrons. The Bertz CT molecular complexity index is 626. The Morgan fingerprint density at radius 1 is 1.47 bits per heavy atom. The van der Waals surface area contributed by atoms with Gasteiger partial charge in [0.15, 0.2) is 10.8 Å². The number of hydrogen-bond donors (Lipinski definition) is 0. The zero-order chi connectivity index (χ0) is 13.4. The van der Waals surface area contributed by atoms with E-state index < -0.39 is 6.10 Å². The van der Waals surface area contributed by atoms with E-state index in [0.717, 1.165) is 6.29 Å². The Hall–Kier alpha value is -1.79. The van der Waals surface area contributed by atoms with Gasteiger partial charge in [0.2, 0.25) is 0 Å². The summed E-state index contributed by atoms with van der Waals surface area (Å²) in [6, 6.07) is 0. The van der Waals surface area contributed by atoms with E-state index in [4.69, 9.17) is 16.3 Å². The van der Waals surface area contributed by atoms with Crippen LogP contribution in [-0.2, 0) is 9.53 Å². The third-order valence-corrected chi connectivity index (χ3v) is 3.55.